The van der Waals surface area contributed by atoms with E-state index in [0.29, 0.717) is 10.8 Å². The van der Waals surface area contributed by atoms with Crippen LogP contribution in [0.2, 0.25) is 0 Å². The maximum Gasteiger partial charge on any atom is 0.0351 e. The van der Waals surface area contributed by atoms with Crippen molar-refractivity contribution in [2.75, 3.05) is 46.3 Å². The lowest BCUT2D eigenvalue weighted by Crippen LogP contribution is -2.69. The fourth-order valence-corrected chi connectivity index (χ4v) is 5.41. The summed E-state index contributed by atoms with van der Waals surface area (Å²) in [7, 11) is 2.38. The van der Waals surface area contributed by atoms with Gasteiger partial charge in [0.25, 0.3) is 0 Å². The summed E-state index contributed by atoms with van der Waals surface area (Å²) in [5.41, 5.74) is 0.948. The van der Waals surface area contributed by atoms with E-state index >= 15 is 0 Å². The standard InChI is InChI=1S/C23H45N3/c1-22(2,3)17-25-13-21(14-25)26-15-20(16-26)24(7)12-18-8-10-19(11-9-18)23(4,5)6/h18-21H,8-17H2,1-7H3. The Bertz CT molecular complexity index is 441. The molecule has 2 aliphatic heterocycles. The van der Waals surface area contributed by atoms with Gasteiger partial charge in [0, 0.05) is 51.4 Å². The lowest BCUT2D eigenvalue weighted by atomic mass is 9.70. The van der Waals surface area contributed by atoms with Crippen LogP contribution in [-0.4, -0.2) is 73.1 Å². The van der Waals surface area contributed by atoms with E-state index in [9.17, 15) is 0 Å². The maximum atomic E-state index is 2.73. The summed E-state index contributed by atoms with van der Waals surface area (Å²) in [4.78, 5) is 8.05. The summed E-state index contributed by atoms with van der Waals surface area (Å²) in [5, 5.41) is 0. The van der Waals surface area contributed by atoms with Gasteiger partial charge in [0.15, 0.2) is 0 Å². The van der Waals surface area contributed by atoms with Gasteiger partial charge in [0.2, 0.25) is 0 Å². The lowest BCUT2D eigenvalue weighted by Gasteiger charge is -2.55. The zero-order chi connectivity index (χ0) is 19.1. The number of hydrogen-bond donors (Lipinski definition) is 0. The summed E-state index contributed by atoms with van der Waals surface area (Å²) in [6, 6.07) is 1.65. The molecule has 0 aromatic rings. The van der Waals surface area contributed by atoms with Gasteiger partial charge in [-0.1, -0.05) is 41.5 Å². The van der Waals surface area contributed by atoms with Crippen molar-refractivity contribution in [3.05, 3.63) is 0 Å². The number of rotatable bonds is 5. The summed E-state index contributed by atoms with van der Waals surface area (Å²) in [6.45, 7) is 22.1. The minimum Gasteiger partial charge on any atom is -0.301 e. The molecule has 0 amide bonds. The van der Waals surface area contributed by atoms with E-state index in [1.165, 1.54) is 65.0 Å². The van der Waals surface area contributed by atoms with Crippen LogP contribution < -0.4 is 0 Å². The minimum absolute atomic E-state index is 0.439. The Morgan fingerprint density at radius 1 is 0.846 bits per heavy atom. The van der Waals surface area contributed by atoms with Gasteiger partial charge in [-0.15, -0.1) is 0 Å². The first-order valence-electron chi connectivity index (χ1n) is 11.2. The van der Waals surface area contributed by atoms with Gasteiger partial charge in [0.1, 0.15) is 0 Å². The molecule has 152 valence electrons. The van der Waals surface area contributed by atoms with E-state index in [0.717, 1.165) is 23.9 Å². The predicted molar refractivity (Wildman–Crippen MR) is 113 cm³/mol. The van der Waals surface area contributed by atoms with Crippen LogP contribution >= 0.6 is 0 Å². The van der Waals surface area contributed by atoms with E-state index in [2.05, 4.69) is 63.3 Å². The molecule has 1 aliphatic carbocycles. The Kier molecular flexibility index (Phi) is 6.12. The first-order chi connectivity index (χ1) is 12.0. The molecule has 2 heterocycles. The number of hydrogen-bond acceptors (Lipinski definition) is 3. The summed E-state index contributed by atoms with van der Waals surface area (Å²) in [5.74, 6) is 1.89. The first kappa shape index (κ1) is 20.6. The van der Waals surface area contributed by atoms with Gasteiger partial charge in [0.05, 0.1) is 0 Å². The van der Waals surface area contributed by atoms with Crippen LogP contribution in [-0.2, 0) is 0 Å². The fraction of sp³-hybridized carbons (Fsp3) is 1.00. The lowest BCUT2D eigenvalue weighted by molar-refractivity contribution is -0.0562. The molecule has 0 aromatic heterocycles. The molecule has 2 saturated heterocycles. The number of nitrogens with zero attached hydrogens (tertiary/aromatic N) is 3. The average Bonchev–Trinajstić information content (AvgIpc) is 2.41. The van der Waals surface area contributed by atoms with E-state index in [1.807, 2.05) is 0 Å². The second-order valence-electron chi connectivity index (χ2n) is 12.0. The third-order valence-electron chi connectivity index (χ3n) is 7.28. The quantitative estimate of drug-likeness (QED) is 0.725. The van der Waals surface area contributed by atoms with Crippen molar-refractivity contribution in [2.45, 2.75) is 79.3 Å². The highest BCUT2D eigenvalue weighted by molar-refractivity contribution is 4.98. The van der Waals surface area contributed by atoms with Crippen LogP contribution in [0.1, 0.15) is 67.2 Å². The Morgan fingerprint density at radius 2 is 1.42 bits per heavy atom. The molecule has 3 fully saturated rings. The van der Waals surface area contributed by atoms with Gasteiger partial charge in [-0.2, -0.15) is 0 Å². The molecule has 0 atom stereocenters. The maximum absolute atomic E-state index is 2.73. The molecule has 3 aliphatic rings. The predicted octanol–water partition coefficient (Wildman–Crippen LogP) is 4.19. The van der Waals surface area contributed by atoms with E-state index in [-0.39, 0.29) is 0 Å². The molecule has 0 aromatic carbocycles. The summed E-state index contributed by atoms with van der Waals surface area (Å²) in [6.07, 6.45) is 5.80. The molecule has 3 nitrogen and oxygen atoms in total. The Morgan fingerprint density at radius 3 is 1.92 bits per heavy atom. The van der Waals surface area contributed by atoms with Crippen LogP contribution in [0.4, 0.5) is 0 Å². The zero-order valence-electron chi connectivity index (χ0n) is 18.7. The third-order valence-corrected chi connectivity index (χ3v) is 7.28. The van der Waals surface area contributed by atoms with E-state index in [1.54, 1.807) is 0 Å². The molecule has 0 bridgehead atoms. The zero-order valence-corrected chi connectivity index (χ0v) is 18.7. The van der Waals surface area contributed by atoms with Crippen LogP contribution in [0.3, 0.4) is 0 Å². The molecule has 0 spiro atoms. The number of likely N-dealkylation sites (N-methyl/N-ethyl adjacent to an activating group) is 1. The van der Waals surface area contributed by atoms with Crippen molar-refractivity contribution in [3.63, 3.8) is 0 Å². The van der Waals surface area contributed by atoms with E-state index in [4.69, 9.17) is 0 Å². The average molecular weight is 364 g/mol. The van der Waals surface area contributed by atoms with Gasteiger partial charge in [-0.3, -0.25) is 9.80 Å². The van der Waals surface area contributed by atoms with Crippen LogP contribution in [0, 0.1) is 22.7 Å². The SMILES string of the molecule is CN(CC1CCC(C(C)(C)C)CC1)C1CN(C2CN(CC(C)(C)C)C2)C1. The second kappa shape index (κ2) is 7.72. The molecule has 0 unspecified atom stereocenters. The van der Waals surface area contributed by atoms with Crippen LogP contribution in [0.15, 0.2) is 0 Å². The molecule has 26 heavy (non-hydrogen) atoms. The second-order valence-corrected chi connectivity index (χ2v) is 12.0. The monoisotopic (exact) mass is 363 g/mol. The normalized spacial score (nSPS) is 30.5. The smallest absolute Gasteiger partial charge is 0.0351 e. The summed E-state index contributed by atoms with van der Waals surface area (Å²) >= 11 is 0. The van der Waals surface area contributed by atoms with Gasteiger partial charge in [-0.25, -0.2) is 0 Å². The molecule has 1 saturated carbocycles. The first-order valence-corrected chi connectivity index (χ1v) is 11.2. The van der Waals surface area contributed by atoms with Crippen molar-refractivity contribution in [1.82, 2.24) is 14.7 Å². The highest BCUT2D eigenvalue weighted by atomic mass is 15.4. The van der Waals surface area contributed by atoms with Crippen molar-refractivity contribution in [3.8, 4) is 0 Å². The van der Waals surface area contributed by atoms with Crippen molar-refractivity contribution in [2.24, 2.45) is 22.7 Å². The Hall–Kier alpha value is -0.120. The molecule has 0 N–H and O–H groups in total. The Balaban J connectivity index is 1.31. The fourth-order valence-electron chi connectivity index (χ4n) is 5.41. The van der Waals surface area contributed by atoms with Gasteiger partial charge < -0.3 is 4.90 Å². The van der Waals surface area contributed by atoms with Crippen molar-refractivity contribution >= 4 is 0 Å². The van der Waals surface area contributed by atoms with Gasteiger partial charge in [-0.05, 0) is 55.4 Å². The number of likely N-dealkylation sites (tertiary alicyclic amines) is 2. The highest BCUT2D eigenvalue weighted by Crippen LogP contribution is 2.40. The molecular formula is C23H45N3. The molecule has 3 rings (SSSR count). The third kappa shape index (κ3) is 5.23. The highest BCUT2D eigenvalue weighted by Gasteiger charge is 2.41. The van der Waals surface area contributed by atoms with Crippen molar-refractivity contribution < 1.29 is 0 Å². The van der Waals surface area contributed by atoms with Crippen LogP contribution in [0.25, 0.3) is 0 Å². The Labute approximate surface area is 163 Å². The van der Waals surface area contributed by atoms with E-state index < -0.39 is 0 Å². The molecule has 0 radical (unpaired) electrons. The van der Waals surface area contributed by atoms with Crippen LogP contribution in [0.5, 0.6) is 0 Å². The van der Waals surface area contributed by atoms with Gasteiger partial charge >= 0.3 is 0 Å². The minimum atomic E-state index is 0.439. The largest absolute Gasteiger partial charge is 0.301 e. The molecule has 3 heteroatoms. The van der Waals surface area contributed by atoms with Crippen molar-refractivity contribution in [1.29, 1.82) is 0 Å². The molecular weight excluding hydrogens is 318 g/mol. The summed E-state index contributed by atoms with van der Waals surface area (Å²) < 4.78 is 0. The topological polar surface area (TPSA) is 9.72 Å².